The molecule has 0 aliphatic carbocycles. The van der Waals surface area contributed by atoms with Crippen molar-refractivity contribution in [1.82, 2.24) is 10.6 Å². The fourth-order valence-electron chi connectivity index (χ4n) is 3.02. The highest BCUT2D eigenvalue weighted by atomic mass is 79.9. The van der Waals surface area contributed by atoms with Crippen LogP contribution in [0, 0.1) is 0 Å². The van der Waals surface area contributed by atoms with Crippen molar-refractivity contribution in [2.75, 3.05) is 19.5 Å². The van der Waals surface area contributed by atoms with Gasteiger partial charge in [-0.05, 0) is 43.3 Å². The van der Waals surface area contributed by atoms with Crippen LogP contribution in [0.5, 0.6) is 11.5 Å². The SMILES string of the molecule is COc1ccc([C@@H]2NC(=O)NC(C)=C2C(=O)Nc2ccc(Br)cc2)c(OC)c1. The molecule has 3 rings (SSSR count). The van der Waals surface area contributed by atoms with E-state index in [4.69, 9.17) is 9.47 Å². The van der Waals surface area contributed by atoms with Gasteiger partial charge in [0.2, 0.25) is 0 Å². The summed E-state index contributed by atoms with van der Waals surface area (Å²) in [6.45, 7) is 1.69. The summed E-state index contributed by atoms with van der Waals surface area (Å²) in [5.74, 6) is 0.797. The molecule has 2 aromatic rings. The maximum atomic E-state index is 13.0. The van der Waals surface area contributed by atoms with E-state index < -0.39 is 6.04 Å². The molecule has 3 amide bonds. The van der Waals surface area contributed by atoms with E-state index in [1.54, 1.807) is 44.4 Å². The Bertz CT molecular complexity index is 941. The van der Waals surface area contributed by atoms with Crippen LogP contribution in [0.15, 0.2) is 58.2 Å². The van der Waals surface area contributed by atoms with Crippen molar-refractivity contribution in [3.8, 4) is 11.5 Å². The van der Waals surface area contributed by atoms with Crippen LogP contribution in [0.4, 0.5) is 10.5 Å². The number of urea groups is 1. The van der Waals surface area contributed by atoms with Crippen LogP contribution in [0.1, 0.15) is 18.5 Å². The number of hydrogen-bond acceptors (Lipinski definition) is 4. The van der Waals surface area contributed by atoms with Crippen molar-refractivity contribution in [3.63, 3.8) is 0 Å². The summed E-state index contributed by atoms with van der Waals surface area (Å²) in [6, 6.07) is 11.4. The minimum absolute atomic E-state index is 0.324. The summed E-state index contributed by atoms with van der Waals surface area (Å²) in [6.07, 6.45) is 0. The van der Waals surface area contributed by atoms with E-state index >= 15 is 0 Å². The number of anilines is 1. The number of carbonyl (C=O) groups excluding carboxylic acids is 2. The number of nitrogens with one attached hydrogen (secondary N) is 3. The van der Waals surface area contributed by atoms with E-state index in [9.17, 15) is 9.59 Å². The number of carbonyl (C=O) groups is 2. The molecule has 0 unspecified atom stereocenters. The Labute approximate surface area is 171 Å². The van der Waals surface area contributed by atoms with E-state index in [1.807, 2.05) is 12.1 Å². The second kappa shape index (κ2) is 8.35. The molecular weight excluding hydrogens is 426 g/mol. The molecule has 146 valence electrons. The number of hydrogen-bond donors (Lipinski definition) is 3. The lowest BCUT2D eigenvalue weighted by atomic mass is 9.94. The standard InChI is InChI=1S/C20H20BrN3O4/c1-11-17(19(25)23-13-6-4-12(21)5-7-13)18(24-20(26)22-11)15-9-8-14(27-2)10-16(15)28-3/h4-10,18H,1-3H3,(H,23,25)(H2,22,24,26)/t18-/m0/s1. The van der Waals surface area contributed by atoms with Crippen molar-refractivity contribution in [3.05, 3.63) is 63.8 Å². The van der Waals surface area contributed by atoms with Gasteiger partial charge < -0.3 is 25.4 Å². The zero-order valence-electron chi connectivity index (χ0n) is 15.6. The molecule has 0 bridgehead atoms. The topological polar surface area (TPSA) is 88.7 Å². The monoisotopic (exact) mass is 445 g/mol. The number of allylic oxidation sites excluding steroid dienone is 1. The minimum Gasteiger partial charge on any atom is -0.497 e. The molecule has 1 heterocycles. The van der Waals surface area contributed by atoms with Crippen molar-refractivity contribution >= 4 is 33.6 Å². The van der Waals surface area contributed by atoms with E-state index in [0.717, 1.165) is 4.47 Å². The van der Waals surface area contributed by atoms with E-state index in [1.165, 1.54) is 7.11 Å². The third-order valence-electron chi connectivity index (χ3n) is 4.37. The van der Waals surface area contributed by atoms with Gasteiger partial charge in [-0.25, -0.2) is 4.79 Å². The summed E-state index contributed by atoms with van der Waals surface area (Å²) in [5, 5.41) is 8.33. The second-order valence-electron chi connectivity index (χ2n) is 6.14. The molecule has 0 fully saturated rings. The lowest BCUT2D eigenvalue weighted by Gasteiger charge is -2.29. The van der Waals surface area contributed by atoms with E-state index in [-0.39, 0.29) is 11.9 Å². The molecule has 3 N–H and O–H groups in total. The molecule has 1 aliphatic rings. The maximum Gasteiger partial charge on any atom is 0.319 e. The zero-order chi connectivity index (χ0) is 20.3. The van der Waals surface area contributed by atoms with Crippen molar-refractivity contribution in [2.24, 2.45) is 0 Å². The predicted octanol–water partition coefficient (Wildman–Crippen LogP) is 3.73. The fraction of sp³-hybridized carbons (Fsp3) is 0.200. The van der Waals surface area contributed by atoms with Gasteiger partial charge in [0, 0.05) is 27.5 Å². The van der Waals surface area contributed by atoms with Gasteiger partial charge in [-0.2, -0.15) is 0 Å². The molecule has 0 aromatic heterocycles. The highest BCUT2D eigenvalue weighted by Crippen LogP contribution is 2.35. The first-order valence-electron chi connectivity index (χ1n) is 8.50. The summed E-state index contributed by atoms with van der Waals surface area (Å²) in [4.78, 5) is 25.1. The lowest BCUT2D eigenvalue weighted by molar-refractivity contribution is -0.113. The third-order valence-corrected chi connectivity index (χ3v) is 4.90. The Morgan fingerprint density at radius 3 is 2.46 bits per heavy atom. The minimum atomic E-state index is -0.676. The van der Waals surface area contributed by atoms with Crippen LogP contribution < -0.4 is 25.4 Å². The number of halogens is 1. The Morgan fingerprint density at radius 1 is 1.11 bits per heavy atom. The van der Waals surface area contributed by atoms with Gasteiger partial charge in [0.1, 0.15) is 11.5 Å². The Kier molecular flexibility index (Phi) is 5.89. The molecule has 1 atom stereocenters. The van der Waals surface area contributed by atoms with Crippen LogP contribution in [-0.4, -0.2) is 26.2 Å². The molecule has 0 saturated carbocycles. The molecule has 28 heavy (non-hydrogen) atoms. The number of benzene rings is 2. The molecular formula is C20H20BrN3O4. The normalized spacial score (nSPS) is 16.1. The fourth-order valence-corrected chi connectivity index (χ4v) is 3.28. The molecule has 2 aromatic carbocycles. The number of methoxy groups -OCH3 is 2. The third kappa shape index (κ3) is 4.12. The smallest absolute Gasteiger partial charge is 0.319 e. The first-order valence-corrected chi connectivity index (χ1v) is 9.29. The van der Waals surface area contributed by atoms with Gasteiger partial charge in [-0.3, -0.25) is 4.79 Å². The van der Waals surface area contributed by atoms with Gasteiger partial charge in [-0.15, -0.1) is 0 Å². The van der Waals surface area contributed by atoms with Crippen LogP contribution in [-0.2, 0) is 4.79 Å². The Morgan fingerprint density at radius 2 is 1.82 bits per heavy atom. The molecule has 0 radical (unpaired) electrons. The summed E-state index contributed by atoms with van der Waals surface area (Å²) >= 11 is 3.37. The maximum absolute atomic E-state index is 13.0. The van der Waals surface area contributed by atoms with Crippen molar-refractivity contribution in [1.29, 1.82) is 0 Å². The number of rotatable bonds is 5. The van der Waals surface area contributed by atoms with Crippen LogP contribution in [0.25, 0.3) is 0 Å². The highest BCUT2D eigenvalue weighted by Gasteiger charge is 2.33. The molecule has 1 aliphatic heterocycles. The largest absolute Gasteiger partial charge is 0.497 e. The van der Waals surface area contributed by atoms with Gasteiger partial charge in [0.05, 0.1) is 25.8 Å². The van der Waals surface area contributed by atoms with Crippen LogP contribution >= 0.6 is 15.9 Å². The second-order valence-corrected chi connectivity index (χ2v) is 7.05. The zero-order valence-corrected chi connectivity index (χ0v) is 17.2. The van der Waals surface area contributed by atoms with E-state index in [2.05, 4.69) is 31.9 Å². The van der Waals surface area contributed by atoms with Gasteiger partial charge >= 0.3 is 6.03 Å². The highest BCUT2D eigenvalue weighted by molar-refractivity contribution is 9.10. The summed E-state index contributed by atoms with van der Waals surface area (Å²) in [7, 11) is 3.08. The van der Waals surface area contributed by atoms with E-state index in [0.29, 0.717) is 34.0 Å². The summed E-state index contributed by atoms with van der Waals surface area (Å²) in [5.41, 5.74) is 2.16. The van der Waals surface area contributed by atoms with Crippen LogP contribution in [0.2, 0.25) is 0 Å². The average molecular weight is 446 g/mol. The van der Waals surface area contributed by atoms with Gasteiger partial charge in [-0.1, -0.05) is 15.9 Å². The first kappa shape index (κ1) is 19.8. The predicted molar refractivity (Wildman–Crippen MR) is 109 cm³/mol. The average Bonchev–Trinajstić information content (AvgIpc) is 2.68. The quantitative estimate of drug-likeness (QED) is 0.653. The van der Waals surface area contributed by atoms with Crippen molar-refractivity contribution in [2.45, 2.75) is 13.0 Å². The van der Waals surface area contributed by atoms with Gasteiger partial charge in [0.25, 0.3) is 5.91 Å². The number of ether oxygens (including phenoxy) is 2. The van der Waals surface area contributed by atoms with Gasteiger partial charge in [0.15, 0.2) is 0 Å². The lowest BCUT2D eigenvalue weighted by Crippen LogP contribution is -2.46. The number of amides is 3. The van der Waals surface area contributed by atoms with Crippen molar-refractivity contribution < 1.29 is 19.1 Å². The molecule has 7 nitrogen and oxygen atoms in total. The molecule has 8 heteroatoms. The van der Waals surface area contributed by atoms with Crippen LogP contribution in [0.3, 0.4) is 0 Å². The molecule has 0 spiro atoms. The first-order chi connectivity index (χ1) is 13.4. The Balaban J connectivity index is 1.99. The molecule has 0 saturated heterocycles. The summed E-state index contributed by atoms with van der Waals surface area (Å²) < 4.78 is 11.6. The Hall–Kier alpha value is -3.00.